The minimum Gasteiger partial charge on any atom is -0.411 e. The molecule has 1 fully saturated rings. The second kappa shape index (κ2) is 5.92. The topological polar surface area (TPSA) is 52.9 Å². The first-order valence-corrected chi connectivity index (χ1v) is 7.15. The fourth-order valence-corrected chi connectivity index (χ4v) is 3.04. The fraction of sp³-hybridized carbons (Fsp3) is 0.385. The summed E-state index contributed by atoms with van der Waals surface area (Å²) in [6.45, 7) is 3.08. The molecule has 0 bridgehead atoms. The van der Waals surface area contributed by atoms with Crippen LogP contribution in [0.5, 0.6) is 0 Å². The molecule has 0 radical (unpaired) electrons. The standard InChI is InChI=1S/C13H14BrClN2O2/c1-8-7-17(5-4-12(8)16-19)13(18)10-3-2-9(15)6-11(10)14/h2-3,6,8,19H,4-5,7H2,1H3/b16-12+. The van der Waals surface area contributed by atoms with Crippen molar-refractivity contribution < 1.29 is 10.0 Å². The lowest BCUT2D eigenvalue weighted by Crippen LogP contribution is -2.43. The number of oxime groups is 1. The van der Waals surface area contributed by atoms with Gasteiger partial charge in [0.1, 0.15) is 0 Å². The first-order valence-electron chi connectivity index (χ1n) is 5.98. The summed E-state index contributed by atoms with van der Waals surface area (Å²) in [5.74, 6) is 0.0427. The molecule has 1 amide bonds. The third-order valence-corrected chi connectivity index (χ3v) is 4.17. The summed E-state index contributed by atoms with van der Waals surface area (Å²) in [6.07, 6.45) is 0.606. The normalized spacial score (nSPS) is 21.7. The van der Waals surface area contributed by atoms with E-state index >= 15 is 0 Å². The minimum atomic E-state index is -0.0348. The number of hydrogen-bond donors (Lipinski definition) is 1. The molecule has 102 valence electrons. The van der Waals surface area contributed by atoms with Crippen LogP contribution in [0.15, 0.2) is 27.8 Å². The van der Waals surface area contributed by atoms with Gasteiger partial charge < -0.3 is 10.1 Å². The Labute approximate surface area is 125 Å². The largest absolute Gasteiger partial charge is 0.411 e. The van der Waals surface area contributed by atoms with E-state index in [9.17, 15) is 4.79 Å². The number of carbonyl (C=O) groups is 1. The predicted octanol–water partition coefficient (Wildman–Crippen LogP) is 3.41. The lowest BCUT2D eigenvalue weighted by Gasteiger charge is -2.31. The van der Waals surface area contributed by atoms with Crippen molar-refractivity contribution in [2.75, 3.05) is 13.1 Å². The van der Waals surface area contributed by atoms with Crippen LogP contribution in [0.3, 0.4) is 0 Å². The van der Waals surface area contributed by atoms with Gasteiger partial charge in [-0.2, -0.15) is 0 Å². The third kappa shape index (κ3) is 3.09. The predicted molar refractivity (Wildman–Crippen MR) is 78.1 cm³/mol. The van der Waals surface area contributed by atoms with Crippen molar-refractivity contribution in [1.82, 2.24) is 4.90 Å². The molecule has 0 aromatic heterocycles. The summed E-state index contributed by atoms with van der Waals surface area (Å²) >= 11 is 9.23. The van der Waals surface area contributed by atoms with Crippen LogP contribution in [0.4, 0.5) is 0 Å². The zero-order chi connectivity index (χ0) is 14.0. The van der Waals surface area contributed by atoms with Crippen molar-refractivity contribution in [2.45, 2.75) is 13.3 Å². The fourth-order valence-electron chi connectivity index (χ4n) is 2.19. The minimum absolute atomic E-state index is 0.0348. The Morgan fingerprint density at radius 1 is 1.58 bits per heavy atom. The van der Waals surface area contributed by atoms with Gasteiger partial charge in [-0.25, -0.2) is 0 Å². The zero-order valence-corrected chi connectivity index (χ0v) is 12.8. The van der Waals surface area contributed by atoms with Gasteiger partial charge in [-0.3, -0.25) is 4.79 Å². The van der Waals surface area contributed by atoms with Crippen LogP contribution in [0, 0.1) is 5.92 Å². The molecule has 1 N–H and O–H groups in total. The van der Waals surface area contributed by atoms with Gasteiger partial charge in [-0.15, -0.1) is 0 Å². The molecular formula is C13H14BrClN2O2. The second-order valence-electron chi connectivity index (χ2n) is 4.62. The summed E-state index contributed by atoms with van der Waals surface area (Å²) in [5, 5.41) is 12.7. The molecular weight excluding hydrogens is 332 g/mol. The first kappa shape index (κ1) is 14.3. The molecule has 0 spiro atoms. The van der Waals surface area contributed by atoms with Gasteiger partial charge in [0, 0.05) is 34.9 Å². The van der Waals surface area contributed by atoms with Crippen LogP contribution in [0.1, 0.15) is 23.7 Å². The number of carbonyl (C=O) groups excluding carboxylic acids is 1. The van der Waals surface area contributed by atoms with Crippen LogP contribution in [0.2, 0.25) is 5.02 Å². The van der Waals surface area contributed by atoms with Gasteiger partial charge in [0.25, 0.3) is 5.91 Å². The molecule has 1 heterocycles. The highest BCUT2D eigenvalue weighted by Gasteiger charge is 2.27. The second-order valence-corrected chi connectivity index (χ2v) is 5.91. The number of nitrogens with zero attached hydrogens (tertiary/aromatic N) is 2. The van der Waals surface area contributed by atoms with E-state index < -0.39 is 0 Å². The molecule has 1 aliphatic rings. The van der Waals surface area contributed by atoms with Gasteiger partial charge in [0.15, 0.2) is 0 Å². The molecule has 1 saturated heterocycles. The van der Waals surface area contributed by atoms with E-state index in [0.717, 1.165) is 5.71 Å². The molecule has 2 rings (SSSR count). The van der Waals surface area contributed by atoms with Crippen LogP contribution in [-0.2, 0) is 0 Å². The van der Waals surface area contributed by atoms with E-state index in [-0.39, 0.29) is 11.8 Å². The van der Waals surface area contributed by atoms with Gasteiger partial charge in [0.2, 0.25) is 0 Å². The molecule has 0 saturated carbocycles. The highest BCUT2D eigenvalue weighted by molar-refractivity contribution is 9.10. The molecule has 0 aliphatic carbocycles. The monoisotopic (exact) mass is 344 g/mol. The summed E-state index contributed by atoms with van der Waals surface area (Å²) in [4.78, 5) is 14.2. The highest BCUT2D eigenvalue weighted by atomic mass is 79.9. The molecule has 1 aromatic rings. The van der Waals surface area contributed by atoms with Crippen molar-refractivity contribution in [3.63, 3.8) is 0 Å². The van der Waals surface area contributed by atoms with Crippen molar-refractivity contribution in [2.24, 2.45) is 11.1 Å². The SMILES string of the molecule is CC1CN(C(=O)c2ccc(Cl)cc2Br)CC/C1=N\O. The molecule has 4 nitrogen and oxygen atoms in total. The third-order valence-electron chi connectivity index (χ3n) is 3.28. The van der Waals surface area contributed by atoms with E-state index in [1.165, 1.54) is 0 Å². The lowest BCUT2D eigenvalue weighted by atomic mass is 9.97. The number of benzene rings is 1. The van der Waals surface area contributed by atoms with Crippen LogP contribution in [-0.4, -0.2) is 34.8 Å². The maximum Gasteiger partial charge on any atom is 0.255 e. The maximum absolute atomic E-state index is 12.4. The van der Waals surface area contributed by atoms with Crippen molar-refractivity contribution in [3.05, 3.63) is 33.3 Å². The van der Waals surface area contributed by atoms with Gasteiger partial charge >= 0.3 is 0 Å². The molecule has 1 unspecified atom stereocenters. The molecule has 19 heavy (non-hydrogen) atoms. The maximum atomic E-state index is 12.4. The smallest absolute Gasteiger partial charge is 0.255 e. The Hall–Kier alpha value is -1.07. The van der Waals surface area contributed by atoms with Gasteiger partial charge in [-0.1, -0.05) is 23.7 Å². The number of likely N-dealkylation sites (tertiary alicyclic amines) is 1. The van der Waals surface area contributed by atoms with Gasteiger partial charge in [-0.05, 0) is 34.1 Å². The summed E-state index contributed by atoms with van der Waals surface area (Å²) in [7, 11) is 0. The van der Waals surface area contributed by atoms with E-state index in [0.29, 0.717) is 34.6 Å². The highest BCUT2D eigenvalue weighted by Crippen LogP contribution is 2.24. The number of rotatable bonds is 1. The summed E-state index contributed by atoms with van der Waals surface area (Å²) in [6, 6.07) is 5.13. The molecule has 1 atom stereocenters. The molecule has 1 aromatic carbocycles. The summed E-state index contributed by atoms with van der Waals surface area (Å²) < 4.78 is 0.694. The Morgan fingerprint density at radius 2 is 2.32 bits per heavy atom. The van der Waals surface area contributed by atoms with E-state index in [1.54, 1.807) is 23.1 Å². The van der Waals surface area contributed by atoms with E-state index in [1.807, 2.05) is 6.92 Å². The Bertz CT molecular complexity index is 533. The van der Waals surface area contributed by atoms with Crippen LogP contribution in [0.25, 0.3) is 0 Å². The molecule has 1 aliphatic heterocycles. The lowest BCUT2D eigenvalue weighted by molar-refractivity contribution is 0.0733. The van der Waals surface area contributed by atoms with Gasteiger partial charge in [0.05, 0.1) is 11.3 Å². The van der Waals surface area contributed by atoms with Crippen LogP contribution >= 0.6 is 27.5 Å². The Balaban J connectivity index is 2.17. The van der Waals surface area contributed by atoms with E-state index in [4.69, 9.17) is 16.8 Å². The molecule has 6 heteroatoms. The number of piperidine rings is 1. The van der Waals surface area contributed by atoms with Crippen LogP contribution < -0.4 is 0 Å². The Morgan fingerprint density at radius 3 is 2.89 bits per heavy atom. The van der Waals surface area contributed by atoms with E-state index in [2.05, 4.69) is 21.1 Å². The average Bonchev–Trinajstić information content (AvgIpc) is 2.38. The number of halogens is 2. The zero-order valence-electron chi connectivity index (χ0n) is 10.4. The number of hydrogen-bond acceptors (Lipinski definition) is 3. The average molecular weight is 346 g/mol. The first-order chi connectivity index (χ1) is 9.02. The van der Waals surface area contributed by atoms with Crippen molar-refractivity contribution >= 4 is 39.1 Å². The van der Waals surface area contributed by atoms with Crippen molar-refractivity contribution in [1.29, 1.82) is 0 Å². The summed E-state index contributed by atoms with van der Waals surface area (Å²) in [5.41, 5.74) is 1.35. The Kier molecular flexibility index (Phi) is 4.47. The van der Waals surface area contributed by atoms with Crippen molar-refractivity contribution in [3.8, 4) is 0 Å². The number of amides is 1. The quantitative estimate of drug-likeness (QED) is 0.626.